The molecule has 9 heteroatoms. The average Bonchev–Trinajstić information content (AvgIpc) is 1.66. The predicted molar refractivity (Wildman–Crippen MR) is 505 cm³/mol. The third-order valence-electron chi connectivity index (χ3n) is 21.4. The highest BCUT2D eigenvalue weighted by Crippen LogP contribution is 2.37. The van der Waals surface area contributed by atoms with Crippen molar-refractivity contribution >= 4 is 67.0 Å². The van der Waals surface area contributed by atoms with E-state index in [1.807, 2.05) is 6.20 Å². The van der Waals surface area contributed by atoms with E-state index in [0.717, 1.165) is 35.4 Å². The van der Waals surface area contributed by atoms with Crippen molar-refractivity contribution in [2.45, 2.75) is 343 Å². The number of rotatable bonds is 12. The van der Waals surface area contributed by atoms with Crippen molar-refractivity contribution < 1.29 is 0 Å². The van der Waals surface area contributed by atoms with Gasteiger partial charge in [-0.25, -0.2) is 9.97 Å². The molecule has 13 rings (SSSR count). The maximum absolute atomic E-state index is 4.74. The molecule has 2 aliphatic heterocycles. The highest BCUT2D eigenvalue weighted by atomic mass is 32.1. The molecule has 0 radical (unpaired) electrons. The number of hydrogen-bond acceptors (Lipinski definition) is 6. The third-order valence-corrected chi connectivity index (χ3v) is 22.6. The largest absolute Gasteiger partial charge is 0.358 e. The second-order valence-corrected chi connectivity index (χ2v) is 40.7. The molecule has 3 N–H and O–H groups in total. The second kappa shape index (κ2) is 41.2. The number of aromatic nitrogens is 6. The van der Waals surface area contributed by atoms with Crippen molar-refractivity contribution in [1.82, 2.24) is 29.9 Å². The molecular formula is C105H152N8S. The summed E-state index contributed by atoms with van der Waals surface area (Å²) in [7, 11) is 0. The molecule has 0 saturated heterocycles. The van der Waals surface area contributed by atoms with Gasteiger partial charge < -0.3 is 15.0 Å². The van der Waals surface area contributed by atoms with Crippen molar-refractivity contribution in [3.05, 3.63) is 240 Å². The number of imidazole rings is 1. The molecule has 0 amide bonds. The Morgan fingerprint density at radius 2 is 0.702 bits per heavy atom. The van der Waals surface area contributed by atoms with E-state index in [-0.39, 0.29) is 21.7 Å². The molecule has 8 nitrogen and oxygen atoms in total. The lowest BCUT2D eigenvalue weighted by Gasteiger charge is -2.19. The molecule has 0 bridgehead atoms. The fraction of sp³-hybridized carbons (Fsp3) is 0.514. The number of pyridine rings is 1. The highest BCUT2D eigenvalue weighted by molar-refractivity contribution is 7.09. The van der Waals surface area contributed by atoms with Crippen LogP contribution in [-0.4, -0.2) is 41.3 Å². The number of nitrogens with one attached hydrogen (secondary N) is 3. The third kappa shape index (κ3) is 28.1. The fourth-order valence-electron chi connectivity index (χ4n) is 12.8. The molecule has 618 valence electrons. The smallest absolute Gasteiger partial charge is 0.109 e. The van der Waals surface area contributed by atoms with Crippen LogP contribution >= 0.6 is 11.3 Å². The summed E-state index contributed by atoms with van der Waals surface area (Å²) in [6.07, 6.45) is 4.07. The lowest BCUT2D eigenvalue weighted by atomic mass is 9.86. The van der Waals surface area contributed by atoms with Gasteiger partial charge in [-0.05, 0) is 196 Å². The number of hydrogen-bond donors (Lipinski definition) is 3. The summed E-state index contributed by atoms with van der Waals surface area (Å²) in [6, 6.07) is 51.2. The first kappa shape index (κ1) is 94.8. The molecule has 0 fully saturated rings. The molecule has 0 unspecified atom stereocenters. The van der Waals surface area contributed by atoms with Crippen molar-refractivity contribution in [2.75, 3.05) is 0 Å². The van der Waals surface area contributed by atoms with E-state index in [9.17, 15) is 0 Å². The first-order chi connectivity index (χ1) is 52.9. The molecule has 7 heterocycles. The molecule has 5 aromatic heterocycles. The Labute approximate surface area is 697 Å². The van der Waals surface area contributed by atoms with Crippen LogP contribution in [0.3, 0.4) is 0 Å². The number of nitrogens with zero attached hydrogens (tertiary/aromatic N) is 5. The maximum Gasteiger partial charge on any atom is 0.109 e. The van der Waals surface area contributed by atoms with E-state index >= 15 is 0 Å². The van der Waals surface area contributed by atoms with Crippen LogP contribution in [0.15, 0.2) is 161 Å². The minimum absolute atomic E-state index is 0.162. The predicted octanol–water partition coefficient (Wildman–Crippen LogP) is 32.2. The monoisotopic (exact) mass is 1560 g/mol. The highest BCUT2D eigenvalue weighted by Gasteiger charge is 2.24. The van der Waals surface area contributed by atoms with Gasteiger partial charge in [0, 0.05) is 81.2 Å². The van der Waals surface area contributed by atoms with Crippen LogP contribution in [0.25, 0.3) is 32.8 Å². The zero-order valence-corrected chi connectivity index (χ0v) is 78.7. The van der Waals surface area contributed by atoms with Gasteiger partial charge in [0.15, 0.2) is 0 Å². The summed E-state index contributed by atoms with van der Waals surface area (Å²) in [4.78, 5) is 33.4. The Balaban J connectivity index is 0.000000203. The summed E-state index contributed by atoms with van der Waals surface area (Å²) in [5.74, 6) is 7.91. The Morgan fingerprint density at radius 3 is 1.03 bits per heavy atom. The van der Waals surface area contributed by atoms with Crippen molar-refractivity contribution in [1.29, 1.82) is 0 Å². The van der Waals surface area contributed by atoms with Crippen LogP contribution in [0.5, 0.6) is 0 Å². The van der Waals surface area contributed by atoms with E-state index < -0.39 is 0 Å². The zero-order valence-electron chi connectivity index (χ0n) is 77.9. The topological polar surface area (TPSA) is 111 Å². The van der Waals surface area contributed by atoms with Crippen LogP contribution in [0, 0.1) is 11.8 Å². The van der Waals surface area contributed by atoms with Crippen molar-refractivity contribution in [2.24, 2.45) is 21.8 Å². The molecule has 0 atom stereocenters. The summed E-state index contributed by atoms with van der Waals surface area (Å²) < 4.78 is 0. The molecule has 6 aromatic carbocycles. The van der Waals surface area contributed by atoms with Gasteiger partial charge in [0.05, 0.1) is 33.1 Å². The number of benzene rings is 6. The quantitative estimate of drug-likeness (QED) is 0.113. The first-order valence-electron chi connectivity index (χ1n) is 43.1. The minimum Gasteiger partial charge on any atom is -0.358 e. The van der Waals surface area contributed by atoms with Crippen LogP contribution in [0.4, 0.5) is 11.4 Å². The van der Waals surface area contributed by atoms with Gasteiger partial charge in [0.25, 0.3) is 0 Å². The fourth-order valence-corrected chi connectivity index (χ4v) is 13.8. The molecule has 2 aliphatic rings. The van der Waals surface area contributed by atoms with Crippen LogP contribution < -0.4 is 0 Å². The summed E-state index contributed by atoms with van der Waals surface area (Å²) in [5.41, 5.74) is 29.5. The number of aromatic amines is 3. The average molecular weight is 1560 g/mol. The minimum atomic E-state index is 0.162. The second-order valence-electron chi connectivity index (χ2n) is 39.9. The Kier molecular flexibility index (Phi) is 34.3. The number of H-pyrrole nitrogens is 3. The Bertz CT molecular complexity index is 4440. The molecule has 0 saturated carbocycles. The standard InChI is InChI=1S/2C15H21N.2C14H19N.C13H18N2.C13H20.C12H19N.C9H15NS/c2*1-10(2)13-8-11-6-7-12(15(3,4)5)9-14(11)16-13;2*1-9(2)11-5-6-12-8-13(10(3)4)15-14(12)7-11;1-8(2)10-5-6-11-12(7-10)15-13(14-11)9(3)4;1-10(2)11-6-8-12(9-7-11)13(3,4)5;1-9(2)10-6-7-11(13-8-10)12(3,4)5;1-6(2)8-5-11-9(10-8)7(3)4/h2*6-7,9-10H,8H2,1-5H3;2*5-10,15H,1-4H3;5-9H,1-4H3,(H,14,15);6-10H,1-5H3;6-9H,1-5H3;5-7H,1-4H3. The molecular weight excluding hydrogens is 1410 g/mol. The lowest BCUT2D eigenvalue weighted by Crippen LogP contribution is -2.13. The van der Waals surface area contributed by atoms with Gasteiger partial charge in [-0.15, -0.1) is 11.3 Å². The van der Waals surface area contributed by atoms with Gasteiger partial charge in [-0.3, -0.25) is 15.0 Å². The van der Waals surface area contributed by atoms with Crippen LogP contribution in [0.1, 0.15) is 398 Å². The Morgan fingerprint density at radius 1 is 0.316 bits per heavy atom. The lowest BCUT2D eigenvalue weighted by molar-refractivity contribution is 0.567. The van der Waals surface area contributed by atoms with Gasteiger partial charge in [-0.2, -0.15) is 0 Å². The van der Waals surface area contributed by atoms with Crippen LogP contribution in [-0.2, 0) is 34.5 Å². The number of thiazole rings is 1. The van der Waals surface area contributed by atoms with Crippen LogP contribution in [0.2, 0.25) is 0 Å². The number of fused-ring (bicyclic) bond motifs is 5. The van der Waals surface area contributed by atoms with Gasteiger partial charge in [0.1, 0.15) is 5.82 Å². The summed E-state index contributed by atoms with van der Waals surface area (Å²) in [6.45, 7) is 79.7. The number of aliphatic imine (C=N–C) groups is 2. The summed E-state index contributed by atoms with van der Waals surface area (Å²) in [5, 5.41) is 6.07. The van der Waals surface area contributed by atoms with Gasteiger partial charge in [-0.1, -0.05) is 334 Å². The van der Waals surface area contributed by atoms with E-state index in [1.165, 1.54) is 122 Å². The van der Waals surface area contributed by atoms with Gasteiger partial charge in [0.2, 0.25) is 0 Å². The Hall–Kier alpha value is -8.01. The normalized spacial score (nSPS) is 12.8. The van der Waals surface area contributed by atoms with Crippen molar-refractivity contribution in [3.63, 3.8) is 0 Å². The molecule has 11 aromatic rings. The van der Waals surface area contributed by atoms with E-state index in [4.69, 9.17) is 9.98 Å². The summed E-state index contributed by atoms with van der Waals surface area (Å²) >= 11 is 1.77. The molecule has 114 heavy (non-hydrogen) atoms. The first-order valence-corrected chi connectivity index (χ1v) is 44.0. The molecule has 0 aliphatic carbocycles. The van der Waals surface area contributed by atoms with E-state index in [1.54, 1.807) is 11.3 Å². The SMILES string of the molecule is CC(C)C1=Nc2cc(C(C)(C)C)ccc2C1.CC(C)C1=Nc2cc(C(C)(C)C)ccc2C1.CC(C)c1ccc(C(C)(C)C)cc1.CC(C)c1ccc(C(C)(C)C)nc1.CC(C)c1ccc2cc(C(C)C)[nH]c2c1.CC(C)c1ccc2cc(C(C)C)[nH]c2c1.CC(C)c1ccc2nc(C(C)C)[nH]c2c1.CC(C)c1csc(C(C)C)n1. The zero-order chi connectivity index (χ0) is 85.4. The maximum atomic E-state index is 4.74. The van der Waals surface area contributed by atoms with E-state index in [0.29, 0.717) is 71.0 Å². The van der Waals surface area contributed by atoms with Gasteiger partial charge >= 0.3 is 0 Å². The van der Waals surface area contributed by atoms with E-state index in [2.05, 4.69) is 424 Å². The molecule has 0 spiro atoms. The van der Waals surface area contributed by atoms with Crippen molar-refractivity contribution in [3.8, 4) is 0 Å².